The van der Waals surface area contributed by atoms with Gasteiger partial charge in [0.1, 0.15) is 5.82 Å². The average Bonchev–Trinajstić information content (AvgIpc) is 2.38. The maximum Gasteiger partial charge on any atom is 0.394 e. The number of hydrogen-bond acceptors (Lipinski definition) is 4. The lowest BCUT2D eigenvalue weighted by Crippen LogP contribution is -2.36. The van der Waals surface area contributed by atoms with Gasteiger partial charge in [-0.2, -0.15) is 13.2 Å². The highest BCUT2D eigenvalue weighted by Gasteiger charge is 2.47. The van der Waals surface area contributed by atoms with Crippen molar-refractivity contribution in [3.8, 4) is 0 Å². The van der Waals surface area contributed by atoms with Gasteiger partial charge in [0.15, 0.2) is 0 Å². The Morgan fingerprint density at radius 1 is 1.27 bits per heavy atom. The molecule has 2 N–H and O–H groups in total. The number of halogens is 3. The van der Waals surface area contributed by atoms with Crippen LogP contribution in [0.4, 0.5) is 19.0 Å². The third-order valence-corrected chi connectivity index (χ3v) is 5.28. The van der Waals surface area contributed by atoms with Crippen LogP contribution in [-0.4, -0.2) is 36.7 Å². The summed E-state index contributed by atoms with van der Waals surface area (Å²) in [6.45, 7) is 2.01. The number of alkyl halides is 3. The molecule has 1 aromatic rings. The van der Waals surface area contributed by atoms with Crippen molar-refractivity contribution in [2.24, 2.45) is 5.41 Å². The lowest BCUT2D eigenvalue weighted by molar-refractivity contribution is -0.212. The van der Waals surface area contributed by atoms with Crippen molar-refractivity contribution in [1.82, 2.24) is 9.29 Å². The summed E-state index contributed by atoms with van der Waals surface area (Å²) in [5.74, 6) is -0.264. The van der Waals surface area contributed by atoms with Crippen LogP contribution in [0.1, 0.15) is 25.8 Å². The number of nitrogens with two attached hydrogens (primary N) is 1. The molecule has 0 aromatic carbocycles. The summed E-state index contributed by atoms with van der Waals surface area (Å²) in [5, 5.41) is 0. The maximum absolute atomic E-state index is 12.8. The molecule has 9 heteroatoms. The van der Waals surface area contributed by atoms with Crippen LogP contribution < -0.4 is 5.73 Å². The summed E-state index contributed by atoms with van der Waals surface area (Å²) in [7, 11) is -2.46. The molecule has 1 rings (SSSR count). The van der Waals surface area contributed by atoms with Crippen molar-refractivity contribution < 1.29 is 21.6 Å². The molecule has 0 unspecified atom stereocenters. The fraction of sp³-hybridized carbons (Fsp3) is 0.615. The summed E-state index contributed by atoms with van der Waals surface area (Å²) in [6.07, 6.45) is -3.51. The van der Waals surface area contributed by atoms with E-state index in [0.29, 0.717) is 11.4 Å². The van der Waals surface area contributed by atoms with Crippen molar-refractivity contribution in [2.45, 2.75) is 33.0 Å². The third kappa shape index (κ3) is 4.84. The first-order chi connectivity index (χ1) is 9.85. The van der Waals surface area contributed by atoms with E-state index in [2.05, 4.69) is 4.98 Å². The Balaban J connectivity index is 2.71. The summed E-state index contributed by atoms with van der Waals surface area (Å²) in [4.78, 5) is 3.84. The number of nitrogens with zero attached hydrogens (tertiary/aromatic N) is 2. The highest BCUT2D eigenvalue weighted by Crippen LogP contribution is 2.40. The quantitative estimate of drug-likeness (QED) is 0.863. The molecule has 0 aliphatic carbocycles. The molecular formula is C13H20F3N3O2S. The van der Waals surface area contributed by atoms with Crippen LogP contribution in [0.15, 0.2) is 18.3 Å². The first-order valence-corrected chi connectivity index (χ1v) is 8.17. The molecule has 0 aliphatic heterocycles. The fourth-order valence-electron chi connectivity index (χ4n) is 1.57. The standard InChI is InChI=1S/C13H20F3N3O2S/c1-12(2,13(14,15)16)6-7-22(20,21)19(3)9-10-4-5-11(17)18-8-10/h4-5,8H,6-7,9H2,1-3H3,(H2,17,18). The van der Waals surface area contributed by atoms with E-state index in [1.807, 2.05) is 0 Å². The van der Waals surface area contributed by atoms with E-state index in [-0.39, 0.29) is 6.54 Å². The Labute approximate surface area is 128 Å². The number of pyridine rings is 1. The fourth-order valence-corrected chi connectivity index (χ4v) is 2.99. The van der Waals surface area contributed by atoms with E-state index >= 15 is 0 Å². The van der Waals surface area contributed by atoms with E-state index in [4.69, 9.17) is 5.73 Å². The normalized spacial score (nSPS) is 13.6. The second kappa shape index (κ2) is 6.41. The average molecular weight is 339 g/mol. The molecular weight excluding hydrogens is 319 g/mol. The van der Waals surface area contributed by atoms with E-state index < -0.39 is 33.8 Å². The number of aromatic nitrogens is 1. The molecule has 0 saturated heterocycles. The SMILES string of the molecule is CN(Cc1ccc(N)nc1)S(=O)(=O)CCC(C)(C)C(F)(F)F. The predicted molar refractivity (Wildman–Crippen MR) is 78.4 cm³/mol. The monoisotopic (exact) mass is 339 g/mol. The predicted octanol–water partition coefficient (Wildman–Crippen LogP) is 2.40. The third-order valence-electron chi connectivity index (χ3n) is 3.48. The van der Waals surface area contributed by atoms with Crippen molar-refractivity contribution >= 4 is 15.8 Å². The van der Waals surface area contributed by atoms with Crippen LogP contribution in [0.25, 0.3) is 0 Å². The minimum atomic E-state index is -4.44. The highest BCUT2D eigenvalue weighted by atomic mass is 32.2. The van der Waals surface area contributed by atoms with Gasteiger partial charge in [0.05, 0.1) is 11.2 Å². The van der Waals surface area contributed by atoms with Crippen LogP contribution in [0, 0.1) is 5.41 Å². The van der Waals surface area contributed by atoms with E-state index in [1.54, 1.807) is 6.07 Å². The first kappa shape index (κ1) is 18.7. The minimum Gasteiger partial charge on any atom is -0.384 e. The smallest absolute Gasteiger partial charge is 0.384 e. The molecule has 22 heavy (non-hydrogen) atoms. The van der Waals surface area contributed by atoms with Gasteiger partial charge in [0, 0.05) is 19.8 Å². The molecule has 1 aromatic heterocycles. The van der Waals surface area contributed by atoms with Gasteiger partial charge in [0.25, 0.3) is 0 Å². The van der Waals surface area contributed by atoms with Gasteiger partial charge in [-0.1, -0.05) is 19.9 Å². The summed E-state index contributed by atoms with van der Waals surface area (Å²) in [6, 6.07) is 3.15. The largest absolute Gasteiger partial charge is 0.394 e. The van der Waals surface area contributed by atoms with Crippen molar-refractivity contribution in [3.05, 3.63) is 23.9 Å². The zero-order valence-electron chi connectivity index (χ0n) is 12.7. The molecule has 0 amide bonds. The summed E-state index contributed by atoms with van der Waals surface area (Å²) < 4.78 is 63.5. The Kier molecular flexibility index (Phi) is 5.45. The summed E-state index contributed by atoms with van der Waals surface area (Å²) in [5.41, 5.74) is 3.98. The number of anilines is 1. The number of sulfonamides is 1. The summed E-state index contributed by atoms with van der Waals surface area (Å²) >= 11 is 0. The number of hydrogen-bond donors (Lipinski definition) is 1. The molecule has 1 heterocycles. The minimum absolute atomic E-state index is 0.0298. The van der Waals surface area contributed by atoms with Gasteiger partial charge < -0.3 is 5.73 Å². The van der Waals surface area contributed by atoms with E-state index in [9.17, 15) is 21.6 Å². The Bertz CT molecular complexity index is 598. The zero-order valence-corrected chi connectivity index (χ0v) is 13.5. The Morgan fingerprint density at radius 3 is 2.32 bits per heavy atom. The van der Waals surface area contributed by atoms with Gasteiger partial charge in [-0.25, -0.2) is 17.7 Å². The lowest BCUT2D eigenvalue weighted by Gasteiger charge is -2.28. The van der Waals surface area contributed by atoms with Crippen LogP contribution in [0.3, 0.4) is 0 Å². The van der Waals surface area contributed by atoms with Crippen molar-refractivity contribution in [3.63, 3.8) is 0 Å². The molecule has 126 valence electrons. The van der Waals surface area contributed by atoms with Crippen LogP contribution in [0.2, 0.25) is 0 Å². The second-order valence-corrected chi connectivity index (χ2v) is 7.99. The molecule has 0 radical (unpaired) electrons. The van der Waals surface area contributed by atoms with Crippen LogP contribution in [-0.2, 0) is 16.6 Å². The molecule has 0 bridgehead atoms. The van der Waals surface area contributed by atoms with Gasteiger partial charge >= 0.3 is 6.18 Å². The Hall–Kier alpha value is -1.35. The highest BCUT2D eigenvalue weighted by molar-refractivity contribution is 7.89. The van der Waals surface area contributed by atoms with Gasteiger partial charge in [-0.05, 0) is 18.1 Å². The number of nitrogen functional groups attached to an aromatic ring is 1. The van der Waals surface area contributed by atoms with Crippen LogP contribution in [0.5, 0.6) is 0 Å². The molecule has 0 spiro atoms. The first-order valence-electron chi connectivity index (χ1n) is 6.56. The van der Waals surface area contributed by atoms with Gasteiger partial charge in [-0.15, -0.1) is 0 Å². The Morgan fingerprint density at radius 2 is 1.86 bits per heavy atom. The zero-order chi connectivity index (χ0) is 17.2. The molecule has 5 nitrogen and oxygen atoms in total. The molecule has 0 atom stereocenters. The topological polar surface area (TPSA) is 76.3 Å². The number of rotatable bonds is 6. The van der Waals surface area contributed by atoms with Gasteiger partial charge in [0.2, 0.25) is 10.0 Å². The van der Waals surface area contributed by atoms with Crippen molar-refractivity contribution in [2.75, 3.05) is 18.5 Å². The van der Waals surface area contributed by atoms with E-state index in [0.717, 1.165) is 18.2 Å². The van der Waals surface area contributed by atoms with Crippen molar-refractivity contribution in [1.29, 1.82) is 0 Å². The maximum atomic E-state index is 12.8. The second-order valence-electron chi connectivity index (χ2n) is 5.80. The molecule has 0 aliphatic rings. The lowest BCUT2D eigenvalue weighted by atomic mass is 9.90. The molecule has 0 saturated carbocycles. The van der Waals surface area contributed by atoms with E-state index in [1.165, 1.54) is 19.3 Å². The molecule has 0 fully saturated rings. The van der Waals surface area contributed by atoms with Crippen LogP contribution >= 0.6 is 0 Å². The van der Waals surface area contributed by atoms with Gasteiger partial charge in [-0.3, -0.25) is 0 Å².